The van der Waals surface area contributed by atoms with Gasteiger partial charge in [-0.3, -0.25) is 19.5 Å². The van der Waals surface area contributed by atoms with Crippen LogP contribution in [0.2, 0.25) is 0 Å². The number of furan rings is 1. The number of carbonyl (C=O) groups is 1. The number of benzene rings is 1. The van der Waals surface area contributed by atoms with E-state index in [9.17, 15) is 19.7 Å². The number of rotatable bonds is 5. The van der Waals surface area contributed by atoms with Crippen molar-refractivity contribution in [1.29, 1.82) is 0 Å². The van der Waals surface area contributed by atoms with Crippen LogP contribution in [0.1, 0.15) is 23.6 Å². The first-order valence-electron chi connectivity index (χ1n) is 10.4. The van der Waals surface area contributed by atoms with Crippen LogP contribution in [0.5, 0.6) is 0 Å². The molecule has 4 heterocycles. The van der Waals surface area contributed by atoms with Gasteiger partial charge in [-0.25, -0.2) is 9.79 Å². The highest BCUT2D eigenvalue weighted by Gasteiger charge is 2.33. The van der Waals surface area contributed by atoms with Gasteiger partial charge >= 0.3 is 5.97 Å². The van der Waals surface area contributed by atoms with Crippen LogP contribution in [0.25, 0.3) is 17.4 Å². The Morgan fingerprint density at radius 2 is 2.03 bits per heavy atom. The standard InChI is InChI=1S/C24H17N3O6S2/c1-13-20(23(29)32-2)21(18-8-5-11-34-18)26-22(28)19(35-24(26)25-13)12-14-9-10-17(33-14)15-6-3-4-7-16(15)27(30)31/h3-12,21H,1-2H3/b19-12+/t21-/m1/s1. The maximum absolute atomic E-state index is 13.5. The summed E-state index contributed by atoms with van der Waals surface area (Å²) in [6.45, 7) is 1.72. The third kappa shape index (κ3) is 3.94. The average molecular weight is 508 g/mol. The number of aromatic nitrogens is 1. The summed E-state index contributed by atoms with van der Waals surface area (Å²) in [4.78, 5) is 42.7. The molecule has 176 valence electrons. The van der Waals surface area contributed by atoms with E-state index in [1.54, 1.807) is 43.3 Å². The van der Waals surface area contributed by atoms with Gasteiger partial charge in [-0.05, 0) is 36.6 Å². The van der Waals surface area contributed by atoms with Crippen LogP contribution in [0, 0.1) is 10.1 Å². The first-order valence-corrected chi connectivity index (χ1v) is 12.1. The van der Waals surface area contributed by atoms with E-state index in [1.807, 2.05) is 17.5 Å². The fraction of sp³-hybridized carbons (Fsp3) is 0.125. The molecule has 4 aromatic rings. The monoisotopic (exact) mass is 507 g/mol. The van der Waals surface area contributed by atoms with Crippen molar-refractivity contribution in [3.05, 3.63) is 106 Å². The molecule has 1 aliphatic heterocycles. The van der Waals surface area contributed by atoms with Crippen molar-refractivity contribution in [3.63, 3.8) is 0 Å². The average Bonchev–Trinajstić information content (AvgIpc) is 3.60. The van der Waals surface area contributed by atoms with Crippen LogP contribution >= 0.6 is 22.7 Å². The van der Waals surface area contributed by atoms with Gasteiger partial charge in [-0.2, -0.15) is 0 Å². The predicted octanol–water partition coefficient (Wildman–Crippen LogP) is 3.64. The van der Waals surface area contributed by atoms with Gasteiger partial charge < -0.3 is 9.15 Å². The van der Waals surface area contributed by atoms with Crippen LogP contribution in [-0.2, 0) is 9.53 Å². The molecule has 0 aliphatic carbocycles. The second-order valence-corrected chi connectivity index (χ2v) is 9.55. The van der Waals surface area contributed by atoms with E-state index < -0.39 is 16.9 Å². The smallest absolute Gasteiger partial charge is 0.338 e. The Balaban J connectivity index is 1.63. The summed E-state index contributed by atoms with van der Waals surface area (Å²) < 4.78 is 12.7. The number of methoxy groups -OCH3 is 1. The van der Waals surface area contributed by atoms with Crippen molar-refractivity contribution in [2.45, 2.75) is 13.0 Å². The van der Waals surface area contributed by atoms with Crippen LogP contribution in [0.4, 0.5) is 5.69 Å². The lowest BCUT2D eigenvalue weighted by atomic mass is 10.0. The number of nitrogens with zero attached hydrogens (tertiary/aromatic N) is 3. The van der Waals surface area contributed by atoms with Crippen molar-refractivity contribution in [2.75, 3.05) is 7.11 Å². The van der Waals surface area contributed by atoms with Crippen molar-refractivity contribution >= 4 is 40.4 Å². The summed E-state index contributed by atoms with van der Waals surface area (Å²) in [6, 6.07) is 12.6. The number of allylic oxidation sites excluding steroid dienone is 1. The fourth-order valence-corrected chi connectivity index (χ4v) is 5.80. The summed E-state index contributed by atoms with van der Waals surface area (Å²) in [5.74, 6) is 0.135. The third-order valence-corrected chi connectivity index (χ3v) is 7.41. The van der Waals surface area contributed by atoms with E-state index in [1.165, 1.54) is 40.4 Å². The molecule has 9 nitrogen and oxygen atoms in total. The maximum atomic E-state index is 13.5. The van der Waals surface area contributed by atoms with Crippen LogP contribution < -0.4 is 14.9 Å². The second-order valence-electron chi connectivity index (χ2n) is 7.57. The summed E-state index contributed by atoms with van der Waals surface area (Å²) >= 11 is 2.61. The molecule has 1 aliphatic rings. The van der Waals surface area contributed by atoms with Crippen molar-refractivity contribution in [1.82, 2.24) is 4.57 Å². The molecule has 35 heavy (non-hydrogen) atoms. The van der Waals surface area contributed by atoms with Gasteiger partial charge in [-0.15, -0.1) is 11.3 Å². The SMILES string of the molecule is COC(=O)C1=C(C)N=c2s/c(=C/c3ccc(-c4ccccc4[N+](=O)[O-])o3)c(=O)n2[C@@H]1c1cccs1. The zero-order valence-electron chi connectivity index (χ0n) is 18.5. The number of para-hydroxylation sites is 1. The highest BCUT2D eigenvalue weighted by atomic mass is 32.1. The molecular weight excluding hydrogens is 490 g/mol. The Morgan fingerprint density at radius 1 is 1.23 bits per heavy atom. The molecule has 0 fully saturated rings. The number of esters is 1. The molecule has 3 aromatic heterocycles. The van der Waals surface area contributed by atoms with Gasteiger partial charge in [-0.1, -0.05) is 29.5 Å². The Labute approximate surface area is 205 Å². The zero-order chi connectivity index (χ0) is 24.7. The van der Waals surface area contributed by atoms with E-state index in [-0.39, 0.29) is 11.2 Å². The first-order chi connectivity index (χ1) is 16.9. The summed E-state index contributed by atoms with van der Waals surface area (Å²) in [7, 11) is 1.30. The topological polar surface area (TPSA) is 117 Å². The van der Waals surface area contributed by atoms with E-state index in [0.717, 1.165) is 4.88 Å². The van der Waals surface area contributed by atoms with Gasteiger partial charge in [0.15, 0.2) is 4.80 Å². The number of fused-ring (bicyclic) bond motifs is 1. The molecule has 1 atom stereocenters. The first kappa shape index (κ1) is 22.7. The van der Waals surface area contributed by atoms with Gasteiger partial charge in [0.25, 0.3) is 11.2 Å². The molecule has 5 rings (SSSR count). The molecule has 0 saturated carbocycles. The number of nitro benzene ring substituents is 1. The van der Waals surface area contributed by atoms with Gasteiger partial charge in [0.05, 0.1) is 33.4 Å². The lowest BCUT2D eigenvalue weighted by molar-refractivity contribution is -0.384. The van der Waals surface area contributed by atoms with Crippen LogP contribution in [0.15, 0.2) is 79.4 Å². The maximum Gasteiger partial charge on any atom is 0.338 e. The predicted molar refractivity (Wildman–Crippen MR) is 131 cm³/mol. The molecular formula is C24H17N3O6S2. The van der Waals surface area contributed by atoms with Crippen molar-refractivity contribution in [2.24, 2.45) is 4.99 Å². The van der Waals surface area contributed by atoms with E-state index in [2.05, 4.69) is 4.99 Å². The molecule has 0 bridgehead atoms. The van der Waals surface area contributed by atoms with Crippen molar-refractivity contribution < 1.29 is 18.9 Å². The lowest BCUT2D eigenvalue weighted by Crippen LogP contribution is -2.39. The minimum absolute atomic E-state index is 0.0745. The second kappa shape index (κ2) is 8.93. The number of thiazole rings is 1. The molecule has 0 saturated heterocycles. The normalized spacial score (nSPS) is 15.6. The van der Waals surface area contributed by atoms with Crippen molar-refractivity contribution in [3.8, 4) is 11.3 Å². The highest BCUT2D eigenvalue weighted by Crippen LogP contribution is 2.33. The van der Waals surface area contributed by atoms with Crippen LogP contribution in [-0.4, -0.2) is 22.6 Å². The molecule has 0 unspecified atom stereocenters. The molecule has 11 heteroatoms. The lowest BCUT2D eigenvalue weighted by Gasteiger charge is -2.22. The van der Waals surface area contributed by atoms with Gasteiger partial charge in [0, 0.05) is 17.0 Å². The third-order valence-electron chi connectivity index (χ3n) is 5.51. The van der Waals surface area contributed by atoms with E-state index >= 15 is 0 Å². The fourth-order valence-electron chi connectivity index (χ4n) is 3.95. The highest BCUT2D eigenvalue weighted by molar-refractivity contribution is 7.10. The van der Waals surface area contributed by atoms with Gasteiger partial charge in [0.1, 0.15) is 17.6 Å². The Morgan fingerprint density at radius 3 is 2.74 bits per heavy atom. The number of thiophene rings is 1. The Hall–Kier alpha value is -4.09. The molecule has 0 amide bonds. The summed E-state index contributed by atoms with van der Waals surface area (Å²) in [6.07, 6.45) is 1.57. The molecule has 0 spiro atoms. The van der Waals surface area contributed by atoms with E-state index in [0.29, 0.717) is 37.7 Å². The molecule has 1 aromatic carbocycles. The number of hydrogen-bond donors (Lipinski definition) is 0. The minimum atomic E-state index is -0.653. The number of carbonyl (C=O) groups excluding carboxylic acids is 1. The minimum Gasteiger partial charge on any atom is -0.466 e. The number of nitro groups is 1. The Kier molecular flexibility index (Phi) is 5.79. The molecule has 0 radical (unpaired) electrons. The molecule has 0 N–H and O–H groups in total. The van der Waals surface area contributed by atoms with E-state index in [4.69, 9.17) is 9.15 Å². The summed E-state index contributed by atoms with van der Waals surface area (Å²) in [5, 5.41) is 13.2. The number of hydrogen-bond acceptors (Lipinski definition) is 9. The van der Waals surface area contributed by atoms with Gasteiger partial charge in [0.2, 0.25) is 0 Å². The summed E-state index contributed by atoms with van der Waals surface area (Å²) in [5.41, 5.74) is 0.735. The van der Waals surface area contributed by atoms with Crippen LogP contribution in [0.3, 0.4) is 0 Å². The Bertz CT molecular complexity index is 1670. The number of ether oxygens (including phenoxy) is 1. The zero-order valence-corrected chi connectivity index (χ0v) is 20.1. The quantitative estimate of drug-likeness (QED) is 0.231. The largest absolute Gasteiger partial charge is 0.466 e.